The van der Waals surface area contributed by atoms with Crippen LogP contribution in [0.4, 0.5) is 0 Å². The Morgan fingerprint density at radius 3 is 2.40 bits per heavy atom. The highest BCUT2D eigenvalue weighted by atomic mass is 35.7. The molecule has 1 rings (SSSR count). The lowest BCUT2D eigenvalue weighted by atomic mass is 10.3. The van der Waals surface area contributed by atoms with Gasteiger partial charge in [0.2, 0.25) is 5.06 Å². The molecule has 0 radical (unpaired) electrons. The molecule has 4 nitrogen and oxygen atoms in total. The molecule has 0 saturated carbocycles. The molecule has 1 atom stereocenters. The van der Waals surface area contributed by atoms with Gasteiger partial charge in [0.25, 0.3) is 9.05 Å². The first-order valence-corrected chi connectivity index (χ1v) is 5.14. The van der Waals surface area contributed by atoms with Crippen LogP contribution in [0.1, 0.15) is 12.8 Å². The minimum atomic E-state index is -3.77. The SMILES string of the molecule is NC1(S(=O)(=O)Cl)CCCO1. The van der Waals surface area contributed by atoms with Crippen LogP contribution in [0.15, 0.2) is 0 Å². The smallest absolute Gasteiger partial charge is 0.276 e. The Kier molecular flexibility index (Phi) is 1.93. The van der Waals surface area contributed by atoms with Gasteiger partial charge in [0, 0.05) is 17.1 Å². The highest BCUT2D eigenvalue weighted by molar-refractivity contribution is 8.14. The van der Waals surface area contributed by atoms with E-state index < -0.39 is 14.1 Å². The molecular formula is C4H8ClNO3S. The quantitative estimate of drug-likeness (QED) is 0.583. The number of rotatable bonds is 1. The average Bonchev–Trinajstić information content (AvgIpc) is 2.13. The molecule has 10 heavy (non-hydrogen) atoms. The normalized spacial score (nSPS) is 34.6. The second kappa shape index (κ2) is 2.34. The highest BCUT2D eigenvalue weighted by Gasteiger charge is 2.42. The van der Waals surface area contributed by atoms with E-state index in [1.54, 1.807) is 0 Å². The van der Waals surface area contributed by atoms with Crippen molar-refractivity contribution in [1.29, 1.82) is 0 Å². The number of halogens is 1. The molecule has 0 aromatic rings. The lowest BCUT2D eigenvalue weighted by Crippen LogP contribution is -2.44. The fourth-order valence-corrected chi connectivity index (χ4v) is 1.81. The van der Waals surface area contributed by atoms with Crippen LogP contribution in [0.3, 0.4) is 0 Å². The number of hydrogen-bond donors (Lipinski definition) is 1. The number of ether oxygens (including phenoxy) is 1. The summed E-state index contributed by atoms with van der Waals surface area (Å²) in [5, 5.41) is -1.63. The average molecular weight is 186 g/mol. The van der Waals surface area contributed by atoms with Crippen molar-refractivity contribution < 1.29 is 13.2 Å². The van der Waals surface area contributed by atoms with Gasteiger partial charge in [0.1, 0.15) is 0 Å². The zero-order chi connectivity index (χ0) is 7.83. The van der Waals surface area contributed by atoms with E-state index in [0.29, 0.717) is 13.0 Å². The summed E-state index contributed by atoms with van der Waals surface area (Å²) in [6, 6.07) is 0. The standard InChI is InChI=1S/C4H8ClNO3S/c5-10(7,8)4(6)2-1-3-9-4/h1-3,6H2. The van der Waals surface area contributed by atoms with E-state index in [0.717, 1.165) is 0 Å². The molecule has 1 aliphatic heterocycles. The summed E-state index contributed by atoms with van der Waals surface area (Å²) in [5.74, 6) is 0. The Labute approximate surface area is 63.7 Å². The van der Waals surface area contributed by atoms with Gasteiger partial charge in [0.15, 0.2) is 0 Å². The molecule has 0 spiro atoms. The zero-order valence-electron chi connectivity index (χ0n) is 5.21. The number of nitrogens with two attached hydrogens (primary N) is 1. The summed E-state index contributed by atoms with van der Waals surface area (Å²) in [6.45, 7) is 0.364. The van der Waals surface area contributed by atoms with Gasteiger partial charge < -0.3 is 4.74 Å². The molecule has 1 unspecified atom stereocenters. The number of hydrogen-bond acceptors (Lipinski definition) is 4. The third kappa shape index (κ3) is 1.27. The molecule has 0 amide bonds. The van der Waals surface area contributed by atoms with Gasteiger partial charge in [-0.2, -0.15) is 0 Å². The first-order chi connectivity index (χ1) is 4.46. The van der Waals surface area contributed by atoms with Gasteiger partial charge >= 0.3 is 0 Å². The maximum absolute atomic E-state index is 10.7. The third-order valence-electron chi connectivity index (χ3n) is 1.43. The van der Waals surface area contributed by atoms with Crippen LogP contribution >= 0.6 is 10.7 Å². The first-order valence-electron chi connectivity index (χ1n) is 2.83. The molecule has 0 aliphatic carbocycles. The predicted molar refractivity (Wildman–Crippen MR) is 36.9 cm³/mol. The Morgan fingerprint density at radius 1 is 1.60 bits per heavy atom. The molecule has 1 saturated heterocycles. The maximum Gasteiger partial charge on any atom is 0.276 e. The molecule has 0 aromatic carbocycles. The van der Waals surface area contributed by atoms with E-state index in [9.17, 15) is 8.42 Å². The summed E-state index contributed by atoms with van der Waals surface area (Å²) in [5.41, 5.74) is 5.29. The van der Waals surface area contributed by atoms with Gasteiger partial charge in [-0.3, -0.25) is 5.73 Å². The Hall–Kier alpha value is 0.160. The summed E-state index contributed by atoms with van der Waals surface area (Å²) in [7, 11) is 1.23. The highest BCUT2D eigenvalue weighted by Crippen LogP contribution is 2.28. The van der Waals surface area contributed by atoms with Gasteiger partial charge in [-0.05, 0) is 6.42 Å². The lowest BCUT2D eigenvalue weighted by Gasteiger charge is -2.17. The lowest BCUT2D eigenvalue weighted by molar-refractivity contribution is 0.0799. The van der Waals surface area contributed by atoms with Crippen LogP contribution in [0.25, 0.3) is 0 Å². The second-order valence-corrected chi connectivity index (χ2v) is 4.99. The topological polar surface area (TPSA) is 69.4 Å². The molecule has 2 N–H and O–H groups in total. The summed E-state index contributed by atoms with van der Waals surface area (Å²) < 4.78 is 26.1. The van der Waals surface area contributed by atoms with E-state index in [2.05, 4.69) is 0 Å². The van der Waals surface area contributed by atoms with E-state index in [1.807, 2.05) is 0 Å². The molecule has 6 heteroatoms. The van der Waals surface area contributed by atoms with Crippen molar-refractivity contribution in [2.24, 2.45) is 5.73 Å². The summed E-state index contributed by atoms with van der Waals surface area (Å²) in [6.07, 6.45) is 0.918. The first kappa shape index (κ1) is 8.26. The fourth-order valence-electron chi connectivity index (χ4n) is 0.828. The van der Waals surface area contributed by atoms with E-state index >= 15 is 0 Å². The molecular weight excluding hydrogens is 178 g/mol. The molecule has 60 valence electrons. The van der Waals surface area contributed by atoms with Crippen molar-refractivity contribution in [3.8, 4) is 0 Å². The maximum atomic E-state index is 10.7. The van der Waals surface area contributed by atoms with Crippen LogP contribution in [0, 0.1) is 0 Å². The largest absolute Gasteiger partial charge is 0.346 e. The molecule has 0 bridgehead atoms. The van der Waals surface area contributed by atoms with Gasteiger partial charge in [-0.25, -0.2) is 8.42 Å². The third-order valence-corrected chi connectivity index (χ3v) is 3.36. The van der Waals surface area contributed by atoms with Crippen LogP contribution in [0.2, 0.25) is 0 Å². The minimum absolute atomic E-state index is 0.277. The Bertz CT molecular complexity index is 219. The van der Waals surface area contributed by atoms with Crippen molar-refractivity contribution in [1.82, 2.24) is 0 Å². The Morgan fingerprint density at radius 2 is 2.20 bits per heavy atom. The van der Waals surface area contributed by atoms with Crippen LogP contribution in [0.5, 0.6) is 0 Å². The van der Waals surface area contributed by atoms with Crippen LogP contribution in [-0.4, -0.2) is 20.1 Å². The van der Waals surface area contributed by atoms with Gasteiger partial charge in [-0.15, -0.1) is 0 Å². The summed E-state index contributed by atoms with van der Waals surface area (Å²) in [4.78, 5) is 0. The monoisotopic (exact) mass is 185 g/mol. The molecule has 1 fully saturated rings. The minimum Gasteiger partial charge on any atom is -0.346 e. The molecule has 1 aliphatic rings. The van der Waals surface area contributed by atoms with Crippen molar-refractivity contribution in [3.05, 3.63) is 0 Å². The van der Waals surface area contributed by atoms with E-state index in [1.165, 1.54) is 0 Å². The Balaban J connectivity index is 2.88. The van der Waals surface area contributed by atoms with Crippen molar-refractivity contribution in [2.45, 2.75) is 17.9 Å². The summed E-state index contributed by atoms with van der Waals surface area (Å²) >= 11 is 0. The van der Waals surface area contributed by atoms with Crippen molar-refractivity contribution in [2.75, 3.05) is 6.61 Å². The zero-order valence-corrected chi connectivity index (χ0v) is 6.78. The predicted octanol–water partition coefficient (Wildman–Crippen LogP) is -0.0221. The molecule has 0 aromatic heterocycles. The van der Waals surface area contributed by atoms with E-state index in [-0.39, 0.29) is 6.42 Å². The van der Waals surface area contributed by atoms with Gasteiger partial charge in [0.05, 0.1) is 6.61 Å². The van der Waals surface area contributed by atoms with E-state index in [4.69, 9.17) is 21.2 Å². The fraction of sp³-hybridized carbons (Fsp3) is 1.00. The van der Waals surface area contributed by atoms with Crippen molar-refractivity contribution in [3.63, 3.8) is 0 Å². The van der Waals surface area contributed by atoms with Crippen molar-refractivity contribution >= 4 is 19.7 Å². The van der Waals surface area contributed by atoms with Crippen LogP contribution in [-0.2, 0) is 13.8 Å². The van der Waals surface area contributed by atoms with Crippen LogP contribution < -0.4 is 5.73 Å². The van der Waals surface area contributed by atoms with Gasteiger partial charge in [-0.1, -0.05) is 0 Å². The second-order valence-electron chi connectivity index (χ2n) is 2.20. The molecule has 1 heterocycles.